The minimum Gasteiger partial charge on any atom is -0.449 e. The molecule has 1 saturated heterocycles. The summed E-state index contributed by atoms with van der Waals surface area (Å²) in [6.07, 6.45) is -1.20. The fraction of sp³-hybridized carbons (Fsp3) is 0.316. The van der Waals surface area contributed by atoms with Crippen LogP contribution in [-0.4, -0.2) is 43.2 Å². The number of fused-ring (bicyclic) bond motifs is 3. The molecule has 2 aromatic rings. The molecule has 1 aliphatic carbocycles. The lowest BCUT2D eigenvalue weighted by atomic mass is 9.98. The Kier molecular flexibility index (Phi) is 3.96. The van der Waals surface area contributed by atoms with Crippen molar-refractivity contribution in [2.24, 2.45) is 0 Å². The van der Waals surface area contributed by atoms with Crippen molar-refractivity contribution in [1.82, 2.24) is 5.32 Å². The zero-order chi connectivity index (χ0) is 16.5. The van der Waals surface area contributed by atoms with E-state index in [2.05, 4.69) is 29.6 Å². The molecule has 5 nitrogen and oxygen atoms in total. The van der Waals surface area contributed by atoms with Gasteiger partial charge in [-0.1, -0.05) is 48.5 Å². The Hall–Kier alpha value is -2.37. The summed E-state index contributed by atoms with van der Waals surface area (Å²) in [5.41, 5.74) is 4.75. The van der Waals surface area contributed by atoms with Gasteiger partial charge in [0, 0.05) is 5.92 Å². The van der Waals surface area contributed by atoms with E-state index in [-0.39, 0.29) is 19.1 Å². The number of carbonyl (C=O) groups is 1. The Morgan fingerprint density at radius 3 is 2.29 bits per heavy atom. The summed E-state index contributed by atoms with van der Waals surface area (Å²) in [5, 5.41) is 12.3. The summed E-state index contributed by atoms with van der Waals surface area (Å²) in [4.78, 5) is 12.0. The molecule has 124 valence electrons. The number of aliphatic hydroxyl groups is 1. The summed E-state index contributed by atoms with van der Waals surface area (Å²) in [6, 6.07) is 16.0. The van der Waals surface area contributed by atoms with E-state index in [0.29, 0.717) is 6.61 Å². The number of nitrogens with one attached hydrogen (secondary N) is 1. The average molecular weight is 325 g/mol. The third kappa shape index (κ3) is 2.66. The van der Waals surface area contributed by atoms with Crippen LogP contribution in [-0.2, 0) is 9.47 Å². The van der Waals surface area contributed by atoms with E-state index >= 15 is 0 Å². The fourth-order valence-corrected chi connectivity index (χ4v) is 3.47. The predicted molar refractivity (Wildman–Crippen MR) is 88.8 cm³/mol. The van der Waals surface area contributed by atoms with Gasteiger partial charge in [0.25, 0.3) is 0 Å². The summed E-state index contributed by atoms with van der Waals surface area (Å²) >= 11 is 0. The highest BCUT2D eigenvalue weighted by molar-refractivity contribution is 5.79. The van der Waals surface area contributed by atoms with Gasteiger partial charge in [-0.2, -0.15) is 0 Å². The molecule has 4 rings (SSSR count). The highest BCUT2D eigenvalue weighted by Gasteiger charge is 2.31. The lowest BCUT2D eigenvalue weighted by Gasteiger charge is -2.17. The molecule has 2 atom stereocenters. The Morgan fingerprint density at radius 1 is 1.08 bits per heavy atom. The van der Waals surface area contributed by atoms with Gasteiger partial charge in [0.15, 0.2) is 0 Å². The van der Waals surface area contributed by atoms with E-state index in [4.69, 9.17) is 9.47 Å². The van der Waals surface area contributed by atoms with Crippen LogP contribution < -0.4 is 5.32 Å². The highest BCUT2D eigenvalue weighted by atomic mass is 16.6. The molecule has 0 aromatic heterocycles. The Morgan fingerprint density at radius 2 is 1.71 bits per heavy atom. The minimum absolute atomic E-state index is 0.0351. The topological polar surface area (TPSA) is 67.8 Å². The van der Waals surface area contributed by atoms with Gasteiger partial charge in [0.05, 0.1) is 25.4 Å². The number of rotatable bonds is 3. The number of hydrogen-bond donors (Lipinski definition) is 2. The van der Waals surface area contributed by atoms with E-state index in [1.165, 1.54) is 22.3 Å². The van der Waals surface area contributed by atoms with Crippen molar-refractivity contribution in [1.29, 1.82) is 0 Å². The molecule has 2 N–H and O–H groups in total. The third-order valence-corrected chi connectivity index (χ3v) is 4.70. The second-order valence-corrected chi connectivity index (χ2v) is 6.18. The van der Waals surface area contributed by atoms with Gasteiger partial charge in [-0.25, -0.2) is 4.79 Å². The van der Waals surface area contributed by atoms with E-state index < -0.39 is 18.2 Å². The largest absolute Gasteiger partial charge is 0.449 e. The summed E-state index contributed by atoms with van der Waals surface area (Å²) < 4.78 is 10.6. The average Bonchev–Trinajstić information content (AvgIpc) is 3.15. The molecule has 2 aliphatic rings. The standard InChI is InChI=1S/C19H19NO4/c21-18-11-23-10-17(18)20-19(22)24-9-16-14-7-3-1-5-12(14)13-6-2-4-8-15(13)16/h1-8,16-18,21H,9-11H2,(H,20,22)/t17-,18-/m0/s1. The summed E-state index contributed by atoms with van der Waals surface area (Å²) in [7, 11) is 0. The first-order valence-corrected chi connectivity index (χ1v) is 8.11. The van der Waals surface area contributed by atoms with Crippen molar-refractivity contribution in [3.63, 3.8) is 0 Å². The molecular formula is C19H19NO4. The van der Waals surface area contributed by atoms with Crippen LogP contribution in [0.25, 0.3) is 11.1 Å². The Balaban J connectivity index is 1.47. The van der Waals surface area contributed by atoms with Gasteiger partial charge in [0.1, 0.15) is 6.61 Å². The van der Waals surface area contributed by atoms with Crippen molar-refractivity contribution < 1.29 is 19.4 Å². The fourth-order valence-electron chi connectivity index (χ4n) is 3.47. The van der Waals surface area contributed by atoms with Gasteiger partial charge in [-0.05, 0) is 22.3 Å². The number of benzene rings is 2. The lowest BCUT2D eigenvalue weighted by Crippen LogP contribution is -2.43. The monoisotopic (exact) mass is 325 g/mol. The number of hydrogen-bond acceptors (Lipinski definition) is 4. The first-order chi connectivity index (χ1) is 11.7. The van der Waals surface area contributed by atoms with Gasteiger partial charge in [-0.15, -0.1) is 0 Å². The highest BCUT2D eigenvalue weighted by Crippen LogP contribution is 2.44. The molecule has 2 aromatic carbocycles. The van der Waals surface area contributed by atoms with E-state index in [1.807, 2.05) is 24.3 Å². The van der Waals surface area contributed by atoms with Crippen molar-refractivity contribution >= 4 is 6.09 Å². The SMILES string of the molecule is O=C(N[C@H]1COC[C@@H]1O)OCC1c2ccccc2-c2ccccc21. The van der Waals surface area contributed by atoms with Crippen molar-refractivity contribution in [3.05, 3.63) is 59.7 Å². The van der Waals surface area contributed by atoms with Crippen molar-refractivity contribution in [2.45, 2.75) is 18.1 Å². The second kappa shape index (κ2) is 6.26. The van der Waals surface area contributed by atoms with Gasteiger partial charge < -0.3 is 19.9 Å². The molecule has 1 amide bonds. The van der Waals surface area contributed by atoms with E-state index in [1.54, 1.807) is 0 Å². The molecule has 1 fully saturated rings. The van der Waals surface area contributed by atoms with Gasteiger partial charge >= 0.3 is 6.09 Å². The van der Waals surface area contributed by atoms with Crippen LogP contribution in [0.3, 0.4) is 0 Å². The molecule has 0 bridgehead atoms. The Bertz CT molecular complexity index is 715. The number of ether oxygens (including phenoxy) is 2. The zero-order valence-electron chi connectivity index (χ0n) is 13.1. The second-order valence-electron chi connectivity index (χ2n) is 6.18. The van der Waals surface area contributed by atoms with Crippen LogP contribution in [0, 0.1) is 0 Å². The normalized spacial score (nSPS) is 22.0. The first-order valence-electron chi connectivity index (χ1n) is 8.11. The van der Waals surface area contributed by atoms with Crippen LogP contribution in [0.5, 0.6) is 0 Å². The molecule has 5 heteroatoms. The van der Waals surface area contributed by atoms with Crippen LogP contribution in [0.1, 0.15) is 17.0 Å². The Labute approximate surface area is 140 Å². The third-order valence-electron chi connectivity index (χ3n) is 4.70. The molecule has 1 heterocycles. The number of carbonyl (C=O) groups excluding carboxylic acids is 1. The number of amides is 1. The minimum atomic E-state index is -0.675. The van der Waals surface area contributed by atoms with Crippen LogP contribution >= 0.6 is 0 Å². The van der Waals surface area contributed by atoms with Gasteiger partial charge in [0.2, 0.25) is 0 Å². The molecule has 0 radical (unpaired) electrons. The number of aliphatic hydroxyl groups excluding tert-OH is 1. The molecular weight excluding hydrogens is 306 g/mol. The summed E-state index contributed by atoms with van der Waals surface area (Å²) in [5.74, 6) is 0.0351. The van der Waals surface area contributed by atoms with Crippen molar-refractivity contribution in [2.75, 3.05) is 19.8 Å². The zero-order valence-corrected chi connectivity index (χ0v) is 13.1. The molecule has 0 saturated carbocycles. The quantitative estimate of drug-likeness (QED) is 0.908. The van der Waals surface area contributed by atoms with E-state index in [0.717, 1.165) is 0 Å². The van der Waals surface area contributed by atoms with Gasteiger partial charge in [-0.3, -0.25) is 0 Å². The maximum atomic E-state index is 12.0. The molecule has 24 heavy (non-hydrogen) atoms. The summed E-state index contributed by atoms with van der Waals surface area (Å²) in [6.45, 7) is 0.823. The van der Waals surface area contributed by atoms with Crippen LogP contribution in [0.15, 0.2) is 48.5 Å². The maximum Gasteiger partial charge on any atom is 0.407 e. The smallest absolute Gasteiger partial charge is 0.407 e. The van der Waals surface area contributed by atoms with E-state index in [9.17, 15) is 9.90 Å². The van der Waals surface area contributed by atoms with Crippen molar-refractivity contribution in [3.8, 4) is 11.1 Å². The maximum absolute atomic E-state index is 12.0. The van der Waals surface area contributed by atoms with Crippen LogP contribution in [0.2, 0.25) is 0 Å². The lowest BCUT2D eigenvalue weighted by molar-refractivity contribution is 0.113. The number of alkyl carbamates (subject to hydrolysis) is 1. The first kappa shape index (κ1) is 15.2. The van der Waals surface area contributed by atoms with Crippen LogP contribution in [0.4, 0.5) is 4.79 Å². The molecule has 1 aliphatic heterocycles. The predicted octanol–water partition coefficient (Wildman–Crippen LogP) is 2.28. The molecule has 0 spiro atoms. The molecule has 0 unspecified atom stereocenters.